The Labute approximate surface area is 839 Å². The highest BCUT2D eigenvalue weighted by atomic mass is 16.5. The molecule has 0 bridgehead atoms. The van der Waals surface area contributed by atoms with Crippen LogP contribution in [0.15, 0.2) is 92.2 Å². The SMILES string of the molecule is CC(C)(C)C.CC(C)(C)C.CC(C)(C)CC(=O)OC[N+](C)(C)C(C)(C)C.CN(C)CCCC(=O)c1ccncc1C(=O)C(C)(C)C.CN(C)CCCC(=O)c1cnccc1C(=O)C(C)(C)C.CN(CCCC(=O)c1ccncc1C(=O)C(C)(C)C)CC(C)(C)C.CN(CCCC(=O)c1cnccc1C(=O)C(C)(C)C)CC(C)(C)C.CN(CCCC(=O)c1ncccc1C(=O)C(C)(C)C)CC(C)(C)C. The van der Waals surface area contributed by atoms with Crippen molar-refractivity contribution in [3.8, 4) is 0 Å². The van der Waals surface area contributed by atoms with E-state index in [0.717, 1.165) is 84.5 Å². The molecule has 0 aliphatic carbocycles. The molecule has 0 aliphatic rings. The number of nitrogens with zero attached hydrogens (tertiary/aromatic N) is 11. The molecule has 0 radical (unpaired) electrons. The molecule has 782 valence electrons. The zero-order chi connectivity index (χ0) is 109. The highest BCUT2D eigenvalue weighted by molar-refractivity contribution is 6.13. The average Bonchev–Trinajstić information content (AvgIpc) is 0.827. The molecule has 0 spiro atoms. The molecule has 0 saturated heterocycles. The third-order valence-corrected chi connectivity index (χ3v) is 20.3. The van der Waals surface area contributed by atoms with Crippen molar-refractivity contribution in [3.05, 3.63) is 148 Å². The number of esters is 1. The number of carbonyl (C=O) groups is 11. The number of pyridine rings is 5. The predicted octanol–water partition coefficient (Wildman–Crippen LogP) is 25.3. The van der Waals surface area contributed by atoms with Crippen LogP contribution in [-0.2, 0) is 9.53 Å². The third kappa shape index (κ3) is 62.1. The van der Waals surface area contributed by atoms with E-state index < -0.39 is 27.1 Å². The van der Waals surface area contributed by atoms with Gasteiger partial charge in [0.25, 0.3) is 0 Å². The number of hydrogen-bond donors (Lipinski definition) is 0. The van der Waals surface area contributed by atoms with E-state index in [1.165, 1.54) is 24.8 Å². The molecule has 0 saturated carbocycles. The topological polar surface area (TPSA) is 278 Å². The van der Waals surface area contributed by atoms with Gasteiger partial charge in [-0.05, 0) is 204 Å². The number of ketones is 10. The highest BCUT2D eigenvalue weighted by Crippen LogP contribution is 2.31. The zero-order valence-electron chi connectivity index (χ0n) is 96.1. The second-order valence-electron chi connectivity index (χ2n) is 52.4. The molecule has 0 N–H and O–H groups in total. The summed E-state index contributed by atoms with van der Waals surface area (Å²) < 4.78 is 6.01. The fraction of sp³-hybridized carbons (Fsp3) is 0.687. The smallest absolute Gasteiger partial charge is 0.310 e. The summed E-state index contributed by atoms with van der Waals surface area (Å²) in [6.07, 6.45) is 20.5. The Balaban J connectivity index is -0.00000156. The zero-order valence-corrected chi connectivity index (χ0v) is 96.1. The van der Waals surface area contributed by atoms with E-state index in [9.17, 15) is 52.7 Å². The Morgan fingerprint density at radius 1 is 0.290 bits per heavy atom. The molecule has 0 aromatic carbocycles. The van der Waals surface area contributed by atoms with Crippen LogP contribution in [0.1, 0.15) is 437 Å². The van der Waals surface area contributed by atoms with E-state index in [1.807, 2.05) is 163 Å². The van der Waals surface area contributed by atoms with E-state index >= 15 is 0 Å². The van der Waals surface area contributed by atoms with Crippen molar-refractivity contribution in [1.29, 1.82) is 0 Å². The number of carbonyl (C=O) groups excluding carboxylic acids is 11. The number of quaternary nitrogens is 1. The molecule has 138 heavy (non-hydrogen) atoms. The molecule has 0 atom stereocenters. The molecule has 23 heteroatoms. The molecular weight excluding hydrogens is 1730 g/mol. The maximum atomic E-state index is 12.6. The van der Waals surface area contributed by atoms with E-state index in [4.69, 9.17) is 4.74 Å². The maximum Gasteiger partial charge on any atom is 0.310 e. The van der Waals surface area contributed by atoms with Gasteiger partial charge in [0.05, 0.1) is 26.1 Å². The lowest BCUT2D eigenvalue weighted by Crippen LogP contribution is -2.55. The number of Topliss-reactive ketones (excluding diaryl/α,β-unsaturated/α-hetero) is 10. The highest BCUT2D eigenvalue weighted by Gasteiger charge is 2.36. The van der Waals surface area contributed by atoms with Crippen LogP contribution in [0.3, 0.4) is 0 Å². The Morgan fingerprint density at radius 3 is 0.783 bits per heavy atom. The minimum absolute atomic E-state index is 0.000131. The van der Waals surface area contributed by atoms with Gasteiger partial charge >= 0.3 is 5.97 Å². The molecule has 0 amide bonds. The van der Waals surface area contributed by atoms with Gasteiger partial charge in [-0.15, -0.1) is 0 Å². The number of hydrogen-bond acceptors (Lipinski definition) is 22. The second-order valence-corrected chi connectivity index (χ2v) is 52.4. The summed E-state index contributed by atoms with van der Waals surface area (Å²) in [5, 5.41) is 0. The fourth-order valence-corrected chi connectivity index (χ4v) is 13.0. The van der Waals surface area contributed by atoms with Crippen LogP contribution in [0.4, 0.5) is 0 Å². The van der Waals surface area contributed by atoms with E-state index in [2.05, 4.69) is 213 Å². The first kappa shape index (κ1) is 134. The summed E-state index contributed by atoms with van der Waals surface area (Å²) >= 11 is 0. The summed E-state index contributed by atoms with van der Waals surface area (Å²) in [5.41, 5.74) is 3.76. The van der Waals surface area contributed by atoms with Gasteiger partial charge < -0.3 is 29.2 Å². The summed E-state index contributed by atoms with van der Waals surface area (Å²) in [6, 6.07) is 10.0. The van der Waals surface area contributed by atoms with E-state index in [1.54, 1.807) is 67.4 Å². The van der Waals surface area contributed by atoms with Gasteiger partial charge in [0.1, 0.15) is 5.69 Å². The van der Waals surface area contributed by atoms with Crippen LogP contribution in [0.25, 0.3) is 0 Å². The van der Waals surface area contributed by atoms with Crippen molar-refractivity contribution >= 4 is 63.8 Å². The minimum Gasteiger partial charge on any atom is -0.415 e. The van der Waals surface area contributed by atoms with Gasteiger partial charge in [0.15, 0.2) is 57.8 Å². The van der Waals surface area contributed by atoms with Gasteiger partial charge in [0.2, 0.25) is 6.73 Å². The molecule has 5 aromatic heterocycles. The molecule has 0 fully saturated rings. The first-order chi connectivity index (χ1) is 62.1. The van der Waals surface area contributed by atoms with E-state index in [-0.39, 0.29) is 91.0 Å². The molecule has 5 aromatic rings. The Kier molecular flexibility index (Phi) is 57.1. The largest absolute Gasteiger partial charge is 0.415 e. The summed E-state index contributed by atoms with van der Waals surface area (Å²) in [5.74, 6) is -0.276. The Morgan fingerprint density at radius 2 is 0.529 bits per heavy atom. The van der Waals surface area contributed by atoms with Crippen LogP contribution >= 0.6 is 0 Å². The lowest BCUT2D eigenvalue weighted by molar-refractivity contribution is -0.950. The average molecular weight is 1920 g/mol. The quantitative estimate of drug-likeness (QED) is 0.0156. The Bertz CT molecular complexity index is 4220. The van der Waals surface area contributed by atoms with Crippen molar-refractivity contribution in [2.45, 2.75) is 339 Å². The monoisotopic (exact) mass is 1920 g/mol. The lowest BCUT2D eigenvalue weighted by atomic mass is 9.84. The van der Waals surface area contributed by atoms with Gasteiger partial charge in [-0.25, -0.2) is 0 Å². The number of aromatic nitrogens is 5. The van der Waals surface area contributed by atoms with Gasteiger partial charge in [-0.3, -0.25) is 82.1 Å². The van der Waals surface area contributed by atoms with Gasteiger partial charge in [-0.1, -0.05) is 242 Å². The number of rotatable bonds is 36. The second kappa shape index (κ2) is 58.9. The first-order valence-electron chi connectivity index (χ1n) is 49.5. The molecule has 23 nitrogen and oxygen atoms in total. The molecule has 5 rings (SSSR count). The van der Waals surface area contributed by atoms with Crippen LogP contribution in [0, 0.1) is 59.6 Å². The molecular formula is C115H196N11O12+. The summed E-state index contributed by atoms with van der Waals surface area (Å²) in [7, 11) is 18.3. The molecule has 0 aliphatic heterocycles. The van der Waals surface area contributed by atoms with Crippen molar-refractivity contribution in [2.24, 2.45) is 59.6 Å². The first-order valence-corrected chi connectivity index (χ1v) is 49.5. The fourth-order valence-electron chi connectivity index (χ4n) is 13.0. The van der Waals surface area contributed by atoms with Gasteiger partial charge in [0, 0.05) is 185 Å². The van der Waals surface area contributed by atoms with Crippen LogP contribution in [0.2, 0.25) is 0 Å². The molecule has 5 heterocycles. The van der Waals surface area contributed by atoms with Crippen molar-refractivity contribution in [3.63, 3.8) is 0 Å². The maximum absolute atomic E-state index is 12.6. The minimum atomic E-state index is -0.523. The number of ether oxygens (including phenoxy) is 1. The predicted molar refractivity (Wildman–Crippen MR) is 573 cm³/mol. The standard InChI is InChI=1S/3C20H32N2O2.2C16H24N2O2.C13H28NO2.2C5H12/c1-19(2,3)14-22(7)13-9-11-16(23)17-15(10-8-12-21-17)18(24)20(4,5)6;1-19(2,3)14-22(7)12-8-9-17(23)16-13-21-11-10-15(16)18(24)20(4,5)6;1-19(2,3)14-22(7)12-8-9-17(23)15-10-11-21-13-16(15)18(24)20(4,5)6;1-16(2,3)15(20)12-8-9-17-11-13(12)14(19)7-6-10-18(4)5;1-16(2,3)15(20)13-11-17-9-8-12(13)14(19)7-6-10-18(4)5;1-12(2,3)9-11(15)16-10-14(7,8)13(4,5)6;2*1-5(2,3)4/h8,10,12H,9,11,13-14H2,1-7H3;2*10-11,13H,8-9,12,14H2,1-7H3;2*8-9,11H,6-7,10H2,1-5H3;9-10H2,1-8H3;2*1-4H3/q;;;;;+1;;. The van der Waals surface area contributed by atoms with Crippen molar-refractivity contribution < 1.29 is 62.0 Å². The van der Waals surface area contributed by atoms with E-state index in [0.29, 0.717) is 116 Å². The Hall–Kier alpha value is -8.32. The van der Waals surface area contributed by atoms with Gasteiger partial charge in [-0.2, -0.15) is 0 Å². The summed E-state index contributed by atoms with van der Waals surface area (Å²) in [4.78, 5) is 167. The molecule has 0 unspecified atom stereocenters. The van der Waals surface area contributed by atoms with Crippen molar-refractivity contribution in [2.75, 3.05) is 123 Å². The van der Waals surface area contributed by atoms with Crippen molar-refractivity contribution in [1.82, 2.24) is 49.4 Å². The van der Waals surface area contributed by atoms with Crippen LogP contribution in [0.5, 0.6) is 0 Å². The lowest BCUT2D eigenvalue weighted by Gasteiger charge is -2.41. The van der Waals surface area contributed by atoms with Crippen LogP contribution in [-0.4, -0.2) is 246 Å². The van der Waals surface area contributed by atoms with Crippen LogP contribution < -0.4 is 0 Å². The third-order valence-electron chi connectivity index (χ3n) is 20.3. The normalized spacial score (nSPS) is 12.4. The summed E-state index contributed by atoms with van der Waals surface area (Å²) in [6.45, 7) is 85.5.